The van der Waals surface area contributed by atoms with Crippen LogP contribution in [0.4, 0.5) is 0 Å². The first kappa shape index (κ1) is 43.0. The molecule has 0 radical (unpaired) electrons. The highest BCUT2D eigenvalue weighted by atomic mass is 31.2. The fourth-order valence-electron chi connectivity index (χ4n) is 8.96. The molecule has 298 valence electrons. The molecule has 1 atom stereocenters. The Morgan fingerprint density at radius 1 is 0.569 bits per heavy atom. The van der Waals surface area contributed by atoms with E-state index >= 15 is 0 Å². The van der Waals surface area contributed by atoms with Crippen molar-refractivity contribution in [2.45, 2.75) is 157 Å². The summed E-state index contributed by atoms with van der Waals surface area (Å²) in [6.07, 6.45) is 4.13. The standard InChI is InChI=1S/C37H75N5O6P3/c1-31(2)23-43-49(44-24-31)38-15-17-42(51-47-27-33(5,6)28-48-51,30-21-36(11,12)40-37(13,14)22-30)18-16-41(50-45-25-32(3,4)26-46-50)29-19-34(7,8)39-35(9,10)20-29/h29-30,38-40H,15-28H2,1-14H3/q+1. The zero-order valence-electron chi connectivity index (χ0n) is 34.7. The highest BCUT2D eigenvalue weighted by molar-refractivity contribution is 7.45. The van der Waals surface area contributed by atoms with Crippen molar-refractivity contribution in [2.24, 2.45) is 16.2 Å². The van der Waals surface area contributed by atoms with Crippen molar-refractivity contribution in [1.29, 1.82) is 0 Å². The van der Waals surface area contributed by atoms with Crippen molar-refractivity contribution in [2.75, 3.05) is 65.8 Å². The molecule has 14 heteroatoms. The molecule has 3 N–H and O–H groups in total. The summed E-state index contributed by atoms with van der Waals surface area (Å²) < 4.78 is 43.2. The molecule has 5 aliphatic heterocycles. The SMILES string of the molecule is CC1(C)COP(NCC[N+](CCN(C2CC(C)(C)NC(C)(C)C2)P2OCC(C)(C)CO2)(C2CC(C)(C)NC(C)(C)C2)P2OCC(C)(C)CO2)OC1. The van der Waals surface area contributed by atoms with E-state index in [1.165, 1.54) is 0 Å². The van der Waals surface area contributed by atoms with Crippen molar-refractivity contribution in [3.63, 3.8) is 0 Å². The van der Waals surface area contributed by atoms with E-state index in [1.807, 2.05) is 0 Å². The lowest BCUT2D eigenvalue weighted by molar-refractivity contribution is -0.846. The smallest absolute Gasteiger partial charge is 0.321 e. The molecule has 1 unspecified atom stereocenters. The van der Waals surface area contributed by atoms with Crippen LogP contribution in [0.1, 0.15) is 123 Å². The number of nitrogens with zero attached hydrogens (tertiary/aromatic N) is 2. The molecule has 0 spiro atoms. The fraction of sp³-hybridized carbons (Fsp3) is 1.00. The topological polar surface area (TPSA) is 94.7 Å². The van der Waals surface area contributed by atoms with Crippen molar-refractivity contribution in [3.05, 3.63) is 0 Å². The van der Waals surface area contributed by atoms with Gasteiger partial charge in [0.25, 0.3) is 17.1 Å². The second-order valence-corrected chi connectivity index (χ2v) is 25.9. The molecule has 0 aromatic carbocycles. The molecular formula is C37H75N5O6P3+. The molecule has 0 aliphatic carbocycles. The third-order valence-corrected chi connectivity index (χ3v) is 15.8. The van der Waals surface area contributed by atoms with Crippen LogP contribution in [0.3, 0.4) is 0 Å². The van der Waals surface area contributed by atoms with Crippen LogP contribution in [0, 0.1) is 16.2 Å². The average molecular weight is 779 g/mol. The lowest BCUT2D eigenvalue weighted by Gasteiger charge is -2.56. The van der Waals surface area contributed by atoms with Crippen LogP contribution in [0.15, 0.2) is 0 Å². The number of nitrogens with one attached hydrogen (secondary N) is 3. The third kappa shape index (κ3) is 11.7. The molecule has 5 rings (SSSR count). The van der Waals surface area contributed by atoms with Gasteiger partial charge < -0.3 is 28.7 Å². The van der Waals surface area contributed by atoms with E-state index in [9.17, 15) is 0 Å². The van der Waals surface area contributed by atoms with Crippen LogP contribution in [0.25, 0.3) is 0 Å². The van der Waals surface area contributed by atoms with Gasteiger partial charge >= 0.3 is 8.53 Å². The van der Waals surface area contributed by atoms with Gasteiger partial charge in [-0.3, -0.25) is 13.3 Å². The Bertz CT molecular complexity index is 1130. The molecule has 5 saturated heterocycles. The van der Waals surface area contributed by atoms with Crippen molar-refractivity contribution < 1.29 is 31.4 Å². The third-order valence-electron chi connectivity index (χ3n) is 10.8. The Balaban J connectivity index is 1.50. The van der Waals surface area contributed by atoms with Crippen LogP contribution >= 0.6 is 25.6 Å². The van der Waals surface area contributed by atoms with Gasteiger partial charge in [0, 0.05) is 57.3 Å². The summed E-state index contributed by atoms with van der Waals surface area (Å²) in [6, 6.07) is 0.646. The summed E-state index contributed by atoms with van der Waals surface area (Å²) in [7, 11) is -3.63. The Kier molecular flexibility index (Phi) is 13.2. The van der Waals surface area contributed by atoms with Crippen molar-refractivity contribution in [3.8, 4) is 0 Å². The van der Waals surface area contributed by atoms with Gasteiger partial charge in [-0.25, -0.2) is 9.76 Å². The minimum Gasteiger partial charge on any atom is -0.321 e. The Morgan fingerprint density at radius 3 is 1.45 bits per heavy atom. The first-order chi connectivity index (χ1) is 23.3. The summed E-state index contributed by atoms with van der Waals surface area (Å²) in [5.74, 6) is 0. The van der Waals surface area contributed by atoms with E-state index in [0.29, 0.717) is 51.7 Å². The van der Waals surface area contributed by atoms with Gasteiger partial charge in [0.1, 0.15) is 0 Å². The first-order valence-corrected chi connectivity index (χ1v) is 22.9. The Morgan fingerprint density at radius 2 is 0.980 bits per heavy atom. The molecule has 0 aromatic rings. The summed E-state index contributed by atoms with van der Waals surface area (Å²) in [5, 5.41) is 11.6. The molecule has 11 nitrogen and oxygen atoms in total. The first-order valence-electron chi connectivity index (χ1n) is 19.4. The van der Waals surface area contributed by atoms with Gasteiger partial charge in [-0.05, 0) is 68.2 Å². The molecule has 0 amide bonds. The average Bonchev–Trinajstić information content (AvgIpc) is 2.95. The Hall–Kier alpha value is 0.850. The van der Waals surface area contributed by atoms with Gasteiger partial charge in [0.2, 0.25) is 0 Å². The van der Waals surface area contributed by atoms with E-state index in [0.717, 1.165) is 56.1 Å². The lowest BCUT2D eigenvalue weighted by atomic mass is 9.78. The van der Waals surface area contributed by atoms with E-state index in [4.69, 9.17) is 27.1 Å². The normalized spacial score (nSPS) is 31.4. The summed E-state index contributed by atoms with van der Waals surface area (Å²) in [6.45, 7) is 39.8. The van der Waals surface area contributed by atoms with E-state index in [1.54, 1.807) is 0 Å². The van der Waals surface area contributed by atoms with Gasteiger partial charge in [0.15, 0.2) is 0 Å². The molecule has 0 saturated carbocycles. The second kappa shape index (κ2) is 15.7. The predicted octanol–water partition coefficient (Wildman–Crippen LogP) is 8.21. The monoisotopic (exact) mass is 778 g/mol. The minimum absolute atomic E-state index is 0.00398. The maximum atomic E-state index is 6.96. The molecule has 5 aliphatic rings. The van der Waals surface area contributed by atoms with Crippen molar-refractivity contribution >= 4 is 25.6 Å². The Labute approximate surface area is 315 Å². The number of quaternary nitrogens is 1. The van der Waals surface area contributed by atoms with Gasteiger partial charge in [0.05, 0.1) is 71.9 Å². The largest absolute Gasteiger partial charge is 0.419 e. The van der Waals surface area contributed by atoms with Gasteiger partial charge in [-0.15, -0.1) is 0 Å². The molecule has 51 heavy (non-hydrogen) atoms. The van der Waals surface area contributed by atoms with Crippen LogP contribution in [-0.4, -0.2) is 109 Å². The highest BCUT2D eigenvalue weighted by Gasteiger charge is 2.56. The quantitative estimate of drug-likeness (QED) is 0.178. The van der Waals surface area contributed by atoms with Gasteiger partial charge in [-0.1, -0.05) is 41.5 Å². The maximum absolute atomic E-state index is 6.96. The molecular weight excluding hydrogens is 703 g/mol. The number of rotatable bonds is 11. The van der Waals surface area contributed by atoms with E-state index in [2.05, 4.69) is 117 Å². The zero-order valence-corrected chi connectivity index (χ0v) is 37.4. The summed E-state index contributed by atoms with van der Waals surface area (Å²) in [4.78, 5) is 0. The number of hydrogen-bond donors (Lipinski definition) is 3. The van der Waals surface area contributed by atoms with E-state index in [-0.39, 0.29) is 38.4 Å². The predicted molar refractivity (Wildman–Crippen MR) is 211 cm³/mol. The van der Waals surface area contributed by atoms with Crippen molar-refractivity contribution in [1.82, 2.24) is 20.4 Å². The number of hydrogen-bond acceptors (Lipinski definition) is 10. The zero-order chi connectivity index (χ0) is 37.7. The van der Waals surface area contributed by atoms with Crippen LogP contribution in [-0.2, 0) is 27.1 Å². The van der Waals surface area contributed by atoms with Gasteiger partial charge in [-0.2, -0.15) is 0 Å². The maximum Gasteiger partial charge on any atom is 0.419 e. The van der Waals surface area contributed by atoms with Crippen LogP contribution < -0.4 is 15.7 Å². The lowest BCUT2D eigenvalue weighted by Crippen LogP contribution is -2.68. The highest BCUT2D eigenvalue weighted by Crippen LogP contribution is 2.59. The number of piperidine rings is 2. The fourth-order valence-corrected chi connectivity index (χ4v) is 14.8. The molecule has 0 bridgehead atoms. The van der Waals surface area contributed by atoms with Crippen LogP contribution in [0.2, 0.25) is 0 Å². The van der Waals surface area contributed by atoms with Crippen LogP contribution in [0.5, 0.6) is 0 Å². The summed E-state index contributed by atoms with van der Waals surface area (Å²) >= 11 is 0. The molecule has 0 aromatic heterocycles. The minimum atomic E-state index is -1.27. The summed E-state index contributed by atoms with van der Waals surface area (Å²) in [5.41, 5.74) is -0.0493. The molecule has 5 fully saturated rings. The second-order valence-electron chi connectivity index (χ2n) is 21.3. The molecule has 5 heterocycles. The van der Waals surface area contributed by atoms with E-state index < -0.39 is 25.6 Å².